The number of benzene rings is 2. The van der Waals surface area contributed by atoms with Crippen LogP contribution in [-0.4, -0.2) is 88.1 Å². The summed E-state index contributed by atoms with van der Waals surface area (Å²) in [5.41, 5.74) is 0.294. The van der Waals surface area contributed by atoms with Gasteiger partial charge in [0.2, 0.25) is 17.8 Å². The molecule has 1 aromatic heterocycles. The Bertz CT molecular complexity index is 1320. The van der Waals surface area contributed by atoms with E-state index in [2.05, 4.69) is 0 Å². The molecule has 0 amide bonds. The summed E-state index contributed by atoms with van der Waals surface area (Å²) >= 11 is 0. The number of esters is 1. The molecule has 1 saturated heterocycles. The van der Waals surface area contributed by atoms with E-state index < -0.39 is 43.3 Å². The van der Waals surface area contributed by atoms with Gasteiger partial charge in [-0.1, -0.05) is 0 Å². The van der Waals surface area contributed by atoms with Gasteiger partial charge in [-0.2, -0.15) is 0 Å². The van der Waals surface area contributed by atoms with Gasteiger partial charge in [-0.25, -0.2) is 4.42 Å². The number of carbonyl (C=O) groups excluding carboxylic acids is 1. The highest BCUT2D eigenvalue weighted by atomic mass is 16.7. The number of phenolic OH excluding ortho intramolecular Hbond substituents is 3. The van der Waals surface area contributed by atoms with Crippen molar-refractivity contribution in [1.29, 1.82) is 0 Å². The Hall–Kier alpha value is -4.04. The van der Waals surface area contributed by atoms with Gasteiger partial charge in [0.1, 0.15) is 47.9 Å². The van der Waals surface area contributed by atoms with Crippen LogP contribution in [0, 0.1) is 0 Å². The second kappa shape index (κ2) is 10.8. The van der Waals surface area contributed by atoms with Crippen LogP contribution in [-0.2, 0) is 14.3 Å². The Morgan fingerprint density at radius 2 is 1.58 bits per heavy atom. The van der Waals surface area contributed by atoms with Gasteiger partial charge in [-0.15, -0.1) is 0 Å². The molecule has 0 bridgehead atoms. The van der Waals surface area contributed by atoms with Gasteiger partial charge >= 0.3 is 17.3 Å². The van der Waals surface area contributed by atoms with E-state index in [1.165, 1.54) is 38.5 Å². The lowest BCUT2D eigenvalue weighted by molar-refractivity contribution is -0.278. The average Bonchev–Trinajstić information content (AvgIpc) is 2.88. The van der Waals surface area contributed by atoms with Crippen LogP contribution in [0.15, 0.2) is 34.7 Å². The van der Waals surface area contributed by atoms with E-state index in [1.807, 2.05) is 0 Å². The summed E-state index contributed by atoms with van der Waals surface area (Å²) in [6, 6.07) is 6.47. The normalized spacial score (nSPS) is 23.2. The maximum Gasteiger partial charge on any atom is 0.402 e. The van der Waals surface area contributed by atoms with Crippen LogP contribution in [0.3, 0.4) is 0 Å². The smallest absolute Gasteiger partial charge is 0.402 e. The second-order valence-electron chi connectivity index (χ2n) is 8.48. The minimum atomic E-state index is -1.75. The van der Waals surface area contributed by atoms with Crippen molar-refractivity contribution in [3.05, 3.63) is 30.3 Å². The quantitative estimate of drug-likeness (QED) is 0.187. The molecule has 0 radical (unpaired) electrons. The minimum Gasteiger partial charge on any atom is -0.507 e. The van der Waals surface area contributed by atoms with E-state index in [0.717, 1.165) is 13.0 Å². The number of fused-ring (bicyclic) bond motifs is 1. The zero-order valence-corrected chi connectivity index (χ0v) is 20.5. The molecule has 204 valence electrons. The topological polar surface area (TPSA) is 196 Å². The van der Waals surface area contributed by atoms with Gasteiger partial charge in [-0.3, -0.25) is 4.79 Å². The molecule has 3 aromatic rings. The number of rotatable bonds is 7. The van der Waals surface area contributed by atoms with Gasteiger partial charge < -0.3 is 54.3 Å². The summed E-state index contributed by atoms with van der Waals surface area (Å²) in [7, 11) is 2.65. The molecule has 13 nitrogen and oxygen atoms in total. The van der Waals surface area contributed by atoms with Crippen molar-refractivity contribution in [2.24, 2.45) is 0 Å². The summed E-state index contributed by atoms with van der Waals surface area (Å²) in [5, 5.41) is 62.0. The lowest BCUT2D eigenvalue weighted by Crippen LogP contribution is -2.60. The molecule has 2 heterocycles. The summed E-state index contributed by atoms with van der Waals surface area (Å²) < 4.78 is 32.7. The van der Waals surface area contributed by atoms with Gasteiger partial charge in [0.15, 0.2) is 11.5 Å². The Balaban J connectivity index is 1.83. The van der Waals surface area contributed by atoms with Crippen molar-refractivity contribution in [1.82, 2.24) is 0 Å². The number of ether oxygens (including phenoxy) is 5. The van der Waals surface area contributed by atoms with Crippen LogP contribution in [0.1, 0.15) is 6.92 Å². The number of aromatic hydroxyl groups is 3. The zero-order chi connectivity index (χ0) is 27.7. The van der Waals surface area contributed by atoms with E-state index in [-0.39, 0.29) is 56.8 Å². The highest BCUT2D eigenvalue weighted by molar-refractivity contribution is 5.88. The molecule has 1 aliphatic heterocycles. The van der Waals surface area contributed by atoms with E-state index in [4.69, 9.17) is 28.1 Å². The number of aliphatic hydroxyl groups is 3. The maximum absolute atomic E-state index is 11.2. The SMILES string of the molecule is COc1cc(-c2[o+]c3cc(O)cc(O)c3cc2O[C@@H]2OC(COC(C)=O)[C@@H](O)C(O)C2O)cc(OC)c1O. The first-order valence-electron chi connectivity index (χ1n) is 11.3. The van der Waals surface area contributed by atoms with Crippen LogP contribution in [0.25, 0.3) is 22.3 Å². The molecule has 13 heteroatoms. The molecular weight excluding hydrogens is 508 g/mol. The third-order valence-corrected chi connectivity index (χ3v) is 5.92. The molecule has 0 saturated carbocycles. The summed E-state index contributed by atoms with van der Waals surface area (Å²) in [4.78, 5) is 11.2. The number of hydrogen-bond donors (Lipinski definition) is 6. The van der Waals surface area contributed by atoms with Gasteiger partial charge in [0, 0.05) is 31.2 Å². The number of methoxy groups -OCH3 is 2. The highest BCUT2D eigenvalue weighted by Gasteiger charge is 2.46. The van der Waals surface area contributed by atoms with E-state index in [1.54, 1.807) is 0 Å². The van der Waals surface area contributed by atoms with Gasteiger partial charge in [-0.05, 0) is 0 Å². The molecule has 6 N–H and O–H groups in total. The molecule has 2 aromatic carbocycles. The lowest BCUT2D eigenvalue weighted by atomic mass is 9.99. The monoisotopic (exact) mass is 535 g/mol. The van der Waals surface area contributed by atoms with Crippen LogP contribution in [0.2, 0.25) is 0 Å². The minimum absolute atomic E-state index is 0.0216. The summed E-state index contributed by atoms with van der Waals surface area (Å²) in [6.45, 7) is 0.726. The van der Waals surface area contributed by atoms with Crippen molar-refractivity contribution in [3.8, 4) is 45.8 Å². The largest absolute Gasteiger partial charge is 0.507 e. The van der Waals surface area contributed by atoms with Crippen molar-refractivity contribution < 1.29 is 63.5 Å². The zero-order valence-electron chi connectivity index (χ0n) is 20.5. The standard InChI is InChI=1S/C25H26O13/c1-10(26)35-9-19-21(30)22(31)23(32)25(38-19)37-18-8-13-14(28)6-12(27)7-15(13)36-24(18)11-4-16(33-2)20(29)17(5-11)34-3/h4-8,19,21-23,25,30-32H,9H2,1-3H3,(H2-,27,28,29)/p+1/t19?,21-,22?,23?,25-/m1/s1. The number of phenols is 3. The molecular formula is C25H27O13+. The Labute approximate surface area is 215 Å². The fraction of sp³-hybridized carbons (Fsp3) is 0.360. The third kappa shape index (κ3) is 5.17. The van der Waals surface area contributed by atoms with Crippen LogP contribution < -0.4 is 14.2 Å². The molecule has 5 atom stereocenters. The Morgan fingerprint density at radius 1 is 0.921 bits per heavy atom. The van der Waals surface area contributed by atoms with Crippen LogP contribution in [0.5, 0.6) is 34.5 Å². The number of aliphatic hydroxyl groups excluding tert-OH is 3. The first kappa shape index (κ1) is 27.0. The van der Waals surface area contributed by atoms with Crippen LogP contribution in [0.4, 0.5) is 0 Å². The molecule has 1 fully saturated rings. The van der Waals surface area contributed by atoms with E-state index >= 15 is 0 Å². The van der Waals surface area contributed by atoms with Gasteiger partial charge in [0.05, 0.1) is 25.8 Å². The molecule has 3 unspecified atom stereocenters. The Kier molecular flexibility index (Phi) is 7.64. The molecule has 1 aliphatic rings. The number of carbonyl (C=O) groups is 1. The fourth-order valence-corrected chi connectivity index (χ4v) is 3.97. The summed E-state index contributed by atoms with van der Waals surface area (Å²) in [5.74, 6) is -1.68. The second-order valence-corrected chi connectivity index (χ2v) is 8.48. The van der Waals surface area contributed by atoms with E-state index in [0.29, 0.717) is 0 Å². The van der Waals surface area contributed by atoms with E-state index in [9.17, 15) is 35.4 Å². The third-order valence-electron chi connectivity index (χ3n) is 5.92. The Morgan fingerprint density at radius 3 is 2.18 bits per heavy atom. The van der Waals surface area contributed by atoms with Crippen molar-refractivity contribution in [3.63, 3.8) is 0 Å². The molecule has 0 spiro atoms. The van der Waals surface area contributed by atoms with Gasteiger partial charge in [0.25, 0.3) is 0 Å². The van der Waals surface area contributed by atoms with Crippen molar-refractivity contribution in [2.45, 2.75) is 37.6 Å². The van der Waals surface area contributed by atoms with Crippen molar-refractivity contribution in [2.75, 3.05) is 20.8 Å². The first-order chi connectivity index (χ1) is 18.0. The average molecular weight is 535 g/mol. The predicted molar refractivity (Wildman–Crippen MR) is 128 cm³/mol. The molecule has 4 rings (SSSR count). The highest BCUT2D eigenvalue weighted by Crippen LogP contribution is 2.45. The first-order valence-corrected chi connectivity index (χ1v) is 11.3. The lowest BCUT2D eigenvalue weighted by Gasteiger charge is -2.39. The number of hydrogen-bond acceptors (Lipinski definition) is 12. The van der Waals surface area contributed by atoms with Crippen LogP contribution >= 0.6 is 0 Å². The summed E-state index contributed by atoms with van der Waals surface area (Å²) in [6.07, 6.45) is -7.92. The maximum atomic E-state index is 11.2. The molecule has 38 heavy (non-hydrogen) atoms. The van der Waals surface area contributed by atoms with Crippen molar-refractivity contribution >= 4 is 16.9 Å². The molecule has 0 aliphatic carbocycles. The predicted octanol–water partition coefficient (Wildman–Crippen LogP) is 1.26. The fourth-order valence-electron chi connectivity index (χ4n) is 3.97.